The molecule has 0 atom stereocenters. The minimum absolute atomic E-state index is 0.0382. The first-order valence-electron chi connectivity index (χ1n) is 6.71. The summed E-state index contributed by atoms with van der Waals surface area (Å²) in [6, 6.07) is 7.29. The Balaban J connectivity index is 2.26. The highest BCUT2D eigenvalue weighted by molar-refractivity contribution is 9.11. The topological polar surface area (TPSA) is 63.2 Å². The van der Waals surface area contributed by atoms with Crippen molar-refractivity contribution >= 4 is 55.0 Å². The van der Waals surface area contributed by atoms with Crippen LogP contribution in [0.25, 0.3) is 0 Å². The Morgan fingerprint density at radius 3 is 1.96 bits per heavy atom. The van der Waals surface area contributed by atoms with Crippen molar-refractivity contribution in [1.82, 2.24) is 0 Å². The van der Waals surface area contributed by atoms with Crippen LogP contribution in [0.2, 0.25) is 0 Å². The summed E-state index contributed by atoms with van der Waals surface area (Å²) in [6.45, 7) is 0. The smallest absolute Gasteiger partial charge is 0.317 e. The van der Waals surface area contributed by atoms with Crippen LogP contribution in [0.15, 0.2) is 39.3 Å². The van der Waals surface area contributed by atoms with Crippen LogP contribution < -0.4 is 5.32 Å². The lowest BCUT2D eigenvalue weighted by Gasteiger charge is -2.23. The van der Waals surface area contributed by atoms with Gasteiger partial charge in [0.2, 0.25) is 0 Å². The zero-order valence-corrected chi connectivity index (χ0v) is 15.2. The standard InChI is InChI=1S/C16H6Br2F3NO3/c17-8-5-9(18)12(22-15(25)16(19,20)21)11-10(8)13(23)6-3-1-2-4-7(6)14(11)24/h1-5H,(H,22,25). The molecule has 9 heteroatoms. The predicted octanol–water partition coefficient (Wildman–Crippen LogP) is 4.49. The normalized spacial score (nSPS) is 13.3. The molecule has 0 saturated heterocycles. The third-order valence-corrected chi connectivity index (χ3v) is 4.85. The van der Waals surface area contributed by atoms with Crippen LogP contribution in [0, 0.1) is 0 Å². The van der Waals surface area contributed by atoms with E-state index < -0.39 is 29.3 Å². The average Bonchev–Trinajstić information content (AvgIpc) is 2.54. The molecule has 0 spiro atoms. The first-order chi connectivity index (χ1) is 11.6. The van der Waals surface area contributed by atoms with E-state index in [1.165, 1.54) is 24.3 Å². The summed E-state index contributed by atoms with van der Waals surface area (Å²) < 4.78 is 38.1. The van der Waals surface area contributed by atoms with Crippen LogP contribution in [0.5, 0.6) is 0 Å². The molecule has 1 amide bonds. The molecule has 0 saturated carbocycles. The molecule has 1 aliphatic carbocycles. The molecule has 2 aromatic carbocycles. The van der Waals surface area contributed by atoms with E-state index in [1.54, 1.807) is 11.4 Å². The van der Waals surface area contributed by atoms with Crippen LogP contribution >= 0.6 is 31.9 Å². The van der Waals surface area contributed by atoms with Crippen molar-refractivity contribution in [2.75, 3.05) is 5.32 Å². The molecular weight excluding hydrogens is 471 g/mol. The maximum atomic E-state index is 12.8. The predicted molar refractivity (Wildman–Crippen MR) is 89.8 cm³/mol. The highest BCUT2D eigenvalue weighted by atomic mass is 79.9. The maximum Gasteiger partial charge on any atom is 0.471 e. The molecule has 128 valence electrons. The van der Waals surface area contributed by atoms with Crippen molar-refractivity contribution in [3.05, 3.63) is 61.5 Å². The highest BCUT2D eigenvalue weighted by Crippen LogP contribution is 2.41. The van der Waals surface area contributed by atoms with Gasteiger partial charge in [0.1, 0.15) is 0 Å². The molecule has 4 nitrogen and oxygen atoms in total. The second kappa shape index (κ2) is 6.06. The van der Waals surface area contributed by atoms with E-state index in [1.807, 2.05) is 0 Å². The number of nitrogens with one attached hydrogen (secondary N) is 1. The van der Waals surface area contributed by atoms with Crippen LogP contribution in [0.4, 0.5) is 18.9 Å². The second-order valence-electron chi connectivity index (χ2n) is 5.12. The second-order valence-corrected chi connectivity index (χ2v) is 6.83. The number of carbonyl (C=O) groups excluding carboxylic acids is 3. The van der Waals surface area contributed by atoms with Crippen molar-refractivity contribution in [3.8, 4) is 0 Å². The van der Waals surface area contributed by atoms with Crippen molar-refractivity contribution in [2.45, 2.75) is 6.18 Å². The quantitative estimate of drug-likeness (QED) is 0.563. The summed E-state index contributed by atoms with van der Waals surface area (Å²) in [5, 5.41) is 1.68. The van der Waals surface area contributed by atoms with Gasteiger partial charge >= 0.3 is 12.1 Å². The van der Waals surface area contributed by atoms with E-state index >= 15 is 0 Å². The number of anilines is 1. The SMILES string of the molecule is O=C1c2ccccc2C(=O)c2c(NC(=O)C(F)(F)F)c(Br)cc(Br)c21. The van der Waals surface area contributed by atoms with E-state index in [2.05, 4.69) is 31.9 Å². The van der Waals surface area contributed by atoms with Gasteiger partial charge in [0.15, 0.2) is 11.6 Å². The van der Waals surface area contributed by atoms with Gasteiger partial charge < -0.3 is 5.32 Å². The Hall–Kier alpha value is -2.00. The third kappa shape index (κ3) is 2.91. The summed E-state index contributed by atoms with van der Waals surface area (Å²) in [5.74, 6) is -3.41. The Bertz CT molecular complexity index is 954. The number of halogens is 5. The molecule has 0 fully saturated rings. The summed E-state index contributed by atoms with van der Waals surface area (Å²) in [6.07, 6.45) is -5.14. The van der Waals surface area contributed by atoms with E-state index in [-0.39, 0.29) is 31.2 Å². The van der Waals surface area contributed by atoms with Crippen LogP contribution in [0.1, 0.15) is 31.8 Å². The largest absolute Gasteiger partial charge is 0.471 e. The fourth-order valence-electron chi connectivity index (χ4n) is 2.52. The Morgan fingerprint density at radius 1 is 0.920 bits per heavy atom. The molecule has 0 unspecified atom stereocenters. The molecule has 0 aliphatic heterocycles. The lowest BCUT2D eigenvalue weighted by atomic mass is 9.83. The fourth-order valence-corrected chi connectivity index (χ4v) is 3.96. The lowest BCUT2D eigenvalue weighted by Crippen LogP contribution is -2.32. The number of ketones is 2. The van der Waals surface area contributed by atoms with Gasteiger partial charge in [0.05, 0.1) is 16.8 Å². The lowest BCUT2D eigenvalue weighted by molar-refractivity contribution is -0.167. The zero-order valence-electron chi connectivity index (χ0n) is 12.0. The Morgan fingerprint density at radius 2 is 1.44 bits per heavy atom. The molecule has 2 aromatic rings. The number of hydrogen-bond donors (Lipinski definition) is 1. The van der Waals surface area contributed by atoms with E-state index in [9.17, 15) is 27.6 Å². The fraction of sp³-hybridized carbons (Fsp3) is 0.0625. The number of hydrogen-bond acceptors (Lipinski definition) is 3. The monoisotopic (exact) mass is 475 g/mol. The number of alkyl halides is 3. The molecule has 1 aliphatic rings. The van der Waals surface area contributed by atoms with Gasteiger partial charge in [-0.2, -0.15) is 13.2 Å². The number of carbonyl (C=O) groups is 3. The van der Waals surface area contributed by atoms with Gasteiger partial charge in [-0.3, -0.25) is 14.4 Å². The van der Waals surface area contributed by atoms with Gasteiger partial charge in [0, 0.05) is 20.1 Å². The highest BCUT2D eigenvalue weighted by Gasteiger charge is 2.41. The number of fused-ring (bicyclic) bond motifs is 2. The van der Waals surface area contributed by atoms with Crippen molar-refractivity contribution in [2.24, 2.45) is 0 Å². The van der Waals surface area contributed by atoms with Crippen LogP contribution in [-0.4, -0.2) is 23.6 Å². The molecule has 0 bridgehead atoms. The zero-order chi connectivity index (χ0) is 18.5. The summed E-state index contributed by atoms with van der Waals surface area (Å²) in [4.78, 5) is 36.8. The third-order valence-electron chi connectivity index (χ3n) is 3.60. The van der Waals surface area contributed by atoms with E-state index in [0.29, 0.717) is 0 Å². The van der Waals surface area contributed by atoms with Crippen molar-refractivity contribution in [1.29, 1.82) is 0 Å². The molecule has 0 heterocycles. The summed E-state index contributed by atoms with van der Waals surface area (Å²) in [7, 11) is 0. The van der Waals surface area contributed by atoms with Gasteiger partial charge in [-0.25, -0.2) is 0 Å². The van der Waals surface area contributed by atoms with Crippen LogP contribution in [0.3, 0.4) is 0 Å². The minimum atomic E-state index is -5.14. The number of rotatable bonds is 1. The number of benzene rings is 2. The summed E-state index contributed by atoms with van der Waals surface area (Å²) in [5.41, 5.74) is -0.566. The van der Waals surface area contributed by atoms with Gasteiger partial charge in [-0.15, -0.1) is 0 Å². The van der Waals surface area contributed by atoms with Gasteiger partial charge in [0.25, 0.3) is 0 Å². The van der Waals surface area contributed by atoms with E-state index in [0.717, 1.165) is 0 Å². The molecule has 0 aromatic heterocycles. The van der Waals surface area contributed by atoms with E-state index in [4.69, 9.17) is 0 Å². The molecule has 3 rings (SSSR count). The molecule has 25 heavy (non-hydrogen) atoms. The summed E-state index contributed by atoms with van der Waals surface area (Å²) >= 11 is 6.19. The van der Waals surface area contributed by atoms with Crippen molar-refractivity contribution in [3.63, 3.8) is 0 Å². The van der Waals surface area contributed by atoms with Crippen LogP contribution in [-0.2, 0) is 4.79 Å². The minimum Gasteiger partial charge on any atom is -0.317 e. The first kappa shape index (κ1) is 17.8. The maximum absolute atomic E-state index is 12.8. The van der Waals surface area contributed by atoms with Gasteiger partial charge in [-0.1, -0.05) is 24.3 Å². The molecular formula is C16H6Br2F3NO3. The molecule has 0 radical (unpaired) electrons. The average molecular weight is 477 g/mol. The van der Waals surface area contributed by atoms with Gasteiger partial charge in [-0.05, 0) is 37.9 Å². The van der Waals surface area contributed by atoms with Crippen molar-refractivity contribution < 1.29 is 27.6 Å². The Labute approximate surface area is 155 Å². The number of amides is 1. The molecule has 1 N–H and O–H groups in total. The Kier molecular flexibility index (Phi) is 4.32. The first-order valence-corrected chi connectivity index (χ1v) is 8.30.